The molecule has 2 N–H and O–H groups in total. The maximum atomic E-state index is 12.0. The maximum absolute atomic E-state index is 12.0. The molecule has 0 aromatic heterocycles. The van der Waals surface area contributed by atoms with Crippen molar-refractivity contribution in [1.29, 1.82) is 0 Å². The lowest BCUT2D eigenvalue weighted by Gasteiger charge is -2.30. The van der Waals surface area contributed by atoms with E-state index in [2.05, 4.69) is 0 Å². The first-order chi connectivity index (χ1) is 9.00. The van der Waals surface area contributed by atoms with Crippen molar-refractivity contribution in [2.75, 3.05) is 12.3 Å². The van der Waals surface area contributed by atoms with Crippen LogP contribution in [-0.2, 0) is 11.3 Å². The summed E-state index contributed by atoms with van der Waals surface area (Å²) >= 11 is 0. The van der Waals surface area contributed by atoms with Crippen LogP contribution in [-0.4, -0.2) is 22.3 Å². The zero-order valence-corrected chi connectivity index (χ0v) is 10.8. The first kappa shape index (κ1) is 13.3. The number of para-hydroxylation sites is 1. The molecule has 19 heavy (non-hydrogen) atoms. The minimum Gasteiger partial charge on any atom is -0.393 e. The second-order valence-corrected chi connectivity index (χ2v) is 4.91. The first-order valence-electron chi connectivity index (χ1n) is 6.31. The standard InChI is InChI=1S/C13H17N3O3/c1-9-4-3-7-15(13(9)17)8-10-5-2-6-11(12(10)14)16(18)19/h2,5-6,9H,3-4,7-8,14H2,1H3. The maximum Gasteiger partial charge on any atom is 0.292 e. The van der Waals surface area contributed by atoms with Crippen molar-refractivity contribution >= 4 is 17.3 Å². The molecule has 1 amide bonds. The Bertz CT molecular complexity index is 516. The third-order valence-electron chi connectivity index (χ3n) is 3.53. The molecule has 1 aromatic rings. The molecule has 6 nitrogen and oxygen atoms in total. The lowest BCUT2D eigenvalue weighted by molar-refractivity contribution is -0.384. The summed E-state index contributed by atoms with van der Waals surface area (Å²) in [7, 11) is 0. The summed E-state index contributed by atoms with van der Waals surface area (Å²) in [6.45, 7) is 2.94. The molecule has 6 heteroatoms. The Morgan fingerprint density at radius 2 is 2.26 bits per heavy atom. The van der Waals surface area contributed by atoms with Crippen molar-refractivity contribution in [3.63, 3.8) is 0 Å². The number of nitrogens with zero attached hydrogens (tertiary/aromatic N) is 2. The highest BCUT2D eigenvalue weighted by atomic mass is 16.6. The third kappa shape index (κ3) is 2.67. The highest BCUT2D eigenvalue weighted by Crippen LogP contribution is 2.27. The Labute approximate surface area is 111 Å². The van der Waals surface area contributed by atoms with Gasteiger partial charge in [0.2, 0.25) is 5.91 Å². The number of rotatable bonds is 3. The number of nitrogen functional groups attached to an aromatic ring is 1. The van der Waals surface area contributed by atoms with Gasteiger partial charge in [0.1, 0.15) is 5.69 Å². The molecule has 0 saturated carbocycles. The number of carbonyl (C=O) groups is 1. The van der Waals surface area contributed by atoms with E-state index in [1.165, 1.54) is 6.07 Å². The van der Waals surface area contributed by atoms with Crippen molar-refractivity contribution in [3.8, 4) is 0 Å². The third-order valence-corrected chi connectivity index (χ3v) is 3.53. The molecule has 2 rings (SSSR count). The second-order valence-electron chi connectivity index (χ2n) is 4.91. The molecule has 0 aliphatic carbocycles. The molecule has 102 valence electrons. The summed E-state index contributed by atoms with van der Waals surface area (Å²) in [4.78, 5) is 24.1. The lowest BCUT2D eigenvalue weighted by Crippen LogP contribution is -2.39. The van der Waals surface area contributed by atoms with Crippen LogP contribution in [0.25, 0.3) is 0 Å². The first-order valence-corrected chi connectivity index (χ1v) is 6.31. The van der Waals surface area contributed by atoms with Gasteiger partial charge in [-0.15, -0.1) is 0 Å². The van der Waals surface area contributed by atoms with E-state index in [1.54, 1.807) is 17.0 Å². The van der Waals surface area contributed by atoms with Gasteiger partial charge in [0.15, 0.2) is 0 Å². The van der Waals surface area contributed by atoms with Crippen molar-refractivity contribution < 1.29 is 9.72 Å². The molecular weight excluding hydrogens is 246 g/mol. The van der Waals surface area contributed by atoms with Gasteiger partial charge >= 0.3 is 0 Å². The predicted octanol–water partition coefficient (Wildman–Crippen LogP) is 1.94. The van der Waals surface area contributed by atoms with Gasteiger partial charge in [-0.05, 0) is 12.8 Å². The van der Waals surface area contributed by atoms with Gasteiger partial charge in [0.25, 0.3) is 5.69 Å². The Balaban J connectivity index is 2.21. The molecule has 1 heterocycles. The molecular formula is C13H17N3O3. The Kier molecular flexibility index (Phi) is 3.69. The number of likely N-dealkylation sites (tertiary alicyclic amines) is 1. The summed E-state index contributed by atoms with van der Waals surface area (Å²) in [5, 5.41) is 10.8. The monoisotopic (exact) mass is 263 g/mol. The molecule has 0 radical (unpaired) electrons. The fourth-order valence-corrected chi connectivity index (χ4v) is 2.39. The van der Waals surface area contributed by atoms with E-state index in [0.717, 1.165) is 12.8 Å². The molecule has 0 bridgehead atoms. The SMILES string of the molecule is CC1CCCN(Cc2cccc([N+](=O)[O-])c2N)C1=O. The van der Waals surface area contributed by atoms with Gasteiger partial charge in [-0.2, -0.15) is 0 Å². The number of nitro benzene ring substituents is 1. The molecule has 1 unspecified atom stereocenters. The fourth-order valence-electron chi connectivity index (χ4n) is 2.39. The lowest BCUT2D eigenvalue weighted by atomic mass is 9.98. The van der Waals surface area contributed by atoms with Crippen LogP contribution >= 0.6 is 0 Å². The topological polar surface area (TPSA) is 89.5 Å². The number of carbonyl (C=O) groups excluding carboxylic acids is 1. The van der Waals surface area contributed by atoms with Gasteiger partial charge in [-0.3, -0.25) is 14.9 Å². The highest BCUT2D eigenvalue weighted by Gasteiger charge is 2.26. The number of nitrogens with two attached hydrogens (primary N) is 1. The van der Waals surface area contributed by atoms with E-state index in [1.807, 2.05) is 6.92 Å². The van der Waals surface area contributed by atoms with E-state index >= 15 is 0 Å². The van der Waals surface area contributed by atoms with Gasteiger partial charge in [-0.25, -0.2) is 0 Å². The van der Waals surface area contributed by atoms with Crippen LogP contribution in [0.1, 0.15) is 25.3 Å². The van der Waals surface area contributed by atoms with Crippen LogP contribution in [0.15, 0.2) is 18.2 Å². The van der Waals surface area contributed by atoms with Crippen molar-refractivity contribution in [2.24, 2.45) is 5.92 Å². The van der Waals surface area contributed by atoms with Crippen LogP contribution in [0.3, 0.4) is 0 Å². The number of nitro groups is 1. The normalized spacial score (nSPS) is 19.5. The summed E-state index contributed by atoms with van der Waals surface area (Å²) in [6, 6.07) is 4.70. The average Bonchev–Trinajstić information content (AvgIpc) is 2.37. The molecule has 1 saturated heterocycles. The summed E-state index contributed by atoms with van der Waals surface area (Å²) in [5.74, 6) is 0.117. The van der Waals surface area contributed by atoms with Crippen LogP contribution in [0.4, 0.5) is 11.4 Å². The number of benzene rings is 1. The largest absolute Gasteiger partial charge is 0.393 e. The summed E-state index contributed by atoms with van der Waals surface area (Å²) in [6.07, 6.45) is 1.86. The van der Waals surface area contributed by atoms with Gasteiger partial charge in [0, 0.05) is 30.6 Å². The van der Waals surface area contributed by atoms with E-state index in [9.17, 15) is 14.9 Å². The van der Waals surface area contributed by atoms with Crippen LogP contribution < -0.4 is 5.73 Å². The number of piperidine rings is 1. The molecule has 0 spiro atoms. The van der Waals surface area contributed by atoms with Gasteiger partial charge < -0.3 is 10.6 Å². The Morgan fingerprint density at radius 3 is 2.95 bits per heavy atom. The number of hydrogen-bond acceptors (Lipinski definition) is 4. The van der Waals surface area contributed by atoms with Gasteiger partial charge in [0.05, 0.1) is 4.92 Å². The van der Waals surface area contributed by atoms with E-state index < -0.39 is 4.92 Å². The fraction of sp³-hybridized carbons (Fsp3) is 0.462. The summed E-state index contributed by atoms with van der Waals surface area (Å²) < 4.78 is 0. The van der Waals surface area contributed by atoms with Crippen LogP contribution in [0.2, 0.25) is 0 Å². The number of hydrogen-bond donors (Lipinski definition) is 1. The van der Waals surface area contributed by atoms with Crippen molar-refractivity contribution in [1.82, 2.24) is 4.90 Å². The van der Waals surface area contributed by atoms with Crippen molar-refractivity contribution in [3.05, 3.63) is 33.9 Å². The quantitative estimate of drug-likeness (QED) is 0.512. The van der Waals surface area contributed by atoms with E-state index in [0.29, 0.717) is 18.7 Å². The van der Waals surface area contributed by atoms with E-state index in [4.69, 9.17) is 5.73 Å². The summed E-state index contributed by atoms with van der Waals surface area (Å²) in [5.41, 5.74) is 6.49. The van der Waals surface area contributed by atoms with Crippen LogP contribution in [0.5, 0.6) is 0 Å². The zero-order chi connectivity index (χ0) is 14.0. The molecule has 1 atom stereocenters. The molecule has 1 fully saturated rings. The van der Waals surface area contributed by atoms with E-state index in [-0.39, 0.29) is 23.2 Å². The predicted molar refractivity (Wildman–Crippen MR) is 71.3 cm³/mol. The molecule has 1 aliphatic rings. The Morgan fingerprint density at radius 1 is 1.53 bits per heavy atom. The smallest absolute Gasteiger partial charge is 0.292 e. The molecule has 1 aromatic carbocycles. The molecule has 1 aliphatic heterocycles. The van der Waals surface area contributed by atoms with Crippen LogP contribution in [0, 0.1) is 16.0 Å². The number of anilines is 1. The number of amides is 1. The van der Waals surface area contributed by atoms with Gasteiger partial charge in [-0.1, -0.05) is 19.1 Å². The minimum absolute atomic E-state index is 0.0219. The average molecular weight is 263 g/mol. The van der Waals surface area contributed by atoms with Crippen molar-refractivity contribution in [2.45, 2.75) is 26.3 Å². The second kappa shape index (κ2) is 5.26. The highest BCUT2D eigenvalue weighted by molar-refractivity contribution is 5.79. The minimum atomic E-state index is -0.501. The zero-order valence-electron chi connectivity index (χ0n) is 10.8. The Hall–Kier alpha value is -2.11.